The van der Waals surface area contributed by atoms with Gasteiger partial charge in [0.2, 0.25) is 5.91 Å². The molecule has 0 saturated heterocycles. The first-order valence-corrected chi connectivity index (χ1v) is 11.4. The van der Waals surface area contributed by atoms with E-state index in [1.54, 1.807) is 0 Å². The number of allylic oxidation sites excluding steroid dienone is 2. The first kappa shape index (κ1) is 18.8. The summed E-state index contributed by atoms with van der Waals surface area (Å²) >= 11 is 0. The summed E-state index contributed by atoms with van der Waals surface area (Å²) in [6, 6.07) is 2.41. The average molecular weight is 391 g/mol. The Morgan fingerprint density at radius 3 is 2.62 bits per heavy atom. The third-order valence-corrected chi connectivity index (χ3v) is 7.00. The normalized spacial score (nSPS) is 23.7. The van der Waals surface area contributed by atoms with E-state index in [9.17, 15) is 9.59 Å². The predicted octanol–water partition coefficient (Wildman–Crippen LogP) is 4.41. The van der Waals surface area contributed by atoms with Crippen LogP contribution in [0.5, 0.6) is 0 Å². The Kier molecular flexibility index (Phi) is 5.11. The van der Waals surface area contributed by atoms with E-state index in [0.717, 1.165) is 62.8 Å². The Labute approximate surface area is 172 Å². The van der Waals surface area contributed by atoms with Gasteiger partial charge in [-0.15, -0.1) is 0 Å². The lowest BCUT2D eigenvalue weighted by molar-refractivity contribution is -0.125. The minimum Gasteiger partial charge on any atom is -0.353 e. The second-order valence-corrected chi connectivity index (χ2v) is 9.24. The van der Waals surface area contributed by atoms with Gasteiger partial charge in [-0.1, -0.05) is 31.1 Å². The zero-order chi connectivity index (χ0) is 19.8. The summed E-state index contributed by atoms with van der Waals surface area (Å²) in [5.41, 5.74) is 5.87. The summed E-state index contributed by atoms with van der Waals surface area (Å²) in [4.78, 5) is 29.5. The molecule has 1 unspecified atom stereocenters. The molecule has 0 aliphatic heterocycles. The SMILES string of the molecule is O=C(Cc1cc(C2=CCC(NC(=O)C3CCCC3)CC2)c2c(n1)CC=C2)C1CC1. The van der Waals surface area contributed by atoms with Gasteiger partial charge in [-0.25, -0.2) is 0 Å². The van der Waals surface area contributed by atoms with Crippen molar-refractivity contribution < 1.29 is 9.59 Å². The third-order valence-electron chi connectivity index (χ3n) is 7.00. The summed E-state index contributed by atoms with van der Waals surface area (Å²) in [5, 5.41) is 3.29. The molecule has 152 valence electrons. The van der Waals surface area contributed by atoms with Crippen molar-refractivity contribution >= 4 is 23.3 Å². The van der Waals surface area contributed by atoms with Crippen molar-refractivity contribution in [1.29, 1.82) is 0 Å². The number of nitrogens with zero attached hydrogens (tertiary/aromatic N) is 1. The van der Waals surface area contributed by atoms with Crippen LogP contribution in [0.1, 0.15) is 80.3 Å². The van der Waals surface area contributed by atoms with Gasteiger partial charge < -0.3 is 5.32 Å². The van der Waals surface area contributed by atoms with Gasteiger partial charge in [0.1, 0.15) is 5.78 Å². The summed E-state index contributed by atoms with van der Waals surface area (Å²) in [6.45, 7) is 0. The quantitative estimate of drug-likeness (QED) is 0.782. The highest BCUT2D eigenvalue weighted by Crippen LogP contribution is 2.35. The van der Waals surface area contributed by atoms with Crippen LogP contribution < -0.4 is 5.32 Å². The van der Waals surface area contributed by atoms with Gasteiger partial charge >= 0.3 is 0 Å². The van der Waals surface area contributed by atoms with E-state index in [1.807, 2.05) is 0 Å². The van der Waals surface area contributed by atoms with Crippen LogP contribution in [-0.4, -0.2) is 22.7 Å². The van der Waals surface area contributed by atoms with Gasteiger partial charge in [-0.3, -0.25) is 14.6 Å². The fourth-order valence-corrected chi connectivity index (χ4v) is 5.10. The molecule has 29 heavy (non-hydrogen) atoms. The number of fused-ring (bicyclic) bond motifs is 1. The molecule has 2 fully saturated rings. The number of Topliss-reactive ketones (excluding diaryl/α,β-unsaturated/α-hetero) is 1. The molecule has 0 spiro atoms. The second-order valence-electron chi connectivity index (χ2n) is 9.24. The highest BCUT2D eigenvalue weighted by molar-refractivity contribution is 5.86. The number of pyridine rings is 1. The topological polar surface area (TPSA) is 59.1 Å². The maximum Gasteiger partial charge on any atom is 0.223 e. The molecular formula is C25H30N2O2. The maximum atomic E-state index is 12.4. The van der Waals surface area contributed by atoms with Gasteiger partial charge in [-0.2, -0.15) is 0 Å². The molecule has 4 nitrogen and oxygen atoms in total. The van der Waals surface area contributed by atoms with Crippen molar-refractivity contribution in [3.05, 3.63) is 40.7 Å². The summed E-state index contributed by atoms with van der Waals surface area (Å²) in [6.07, 6.45) is 17.4. The molecule has 0 bridgehead atoms. The minimum atomic E-state index is 0.237. The summed E-state index contributed by atoms with van der Waals surface area (Å²) < 4.78 is 0. The van der Waals surface area contributed by atoms with E-state index in [2.05, 4.69) is 29.6 Å². The lowest BCUT2D eigenvalue weighted by Gasteiger charge is -2.25. The number of ketones is 1. The molecule has 1 N–H and O–H groups in total. The van der Waals surface area contributed by atoms with Gasteiger partial charge in [0.05, 0.1) is 5.69 Å². The number of hydrogen-bond donors (Lipinski definition) is 1. The Bertz CT molecular complexity index is 888. The zero-order valence-electron chi connectivity index (χ0n) is 17.1. The van der Waals surface area contributed by atoms with Gasteiger partial charge in [0.15, 0.2) is 0 Å². The molecule has 1 heterocycles. The molecule has 5 rings (SSSR count). The number of carbonyl (C=O) groups is 2. The average Bonchev–Trinajstić information content (AvgIpc) is 3.23. The Morgan fingerprint density at radius 1 is 1.07 bits per heavy atom. The van der Waals surface area contributed by atoms with Gasteiger partial charge in [-0.05, 0) is 62.1 Å². The molecule has 1 amide bonds. The van der Waals surface area contributed by atoms with Crippen molar-refractivity contribution in [3.63, 3.8) is 0 Å². The highest BCUT2D eigenvalue weighted by atomic mass is 16.2. The fourth-order valence-electron chi connectivity index (χ4n) is 5.10. The van der Waals surface area contributed by atoms with Gasteiger partial charge in [0.25, 0.3) is 0 Å². The van der Waals surface area contributed by atoms with Crippen LogP contribution in [0.3, 0.4) is 0 Å². The number of hydrogen-bond acceptors (Lipinski definition) is 3. The van der Waals surface area contributed by atoms with Crippen molar-refractivity contribution in [1.82, 2.24) is 10.3 Å². The number of amides is 1. The number of rotatable bonds is 6. The minimum absolute atomic E-state index is 0.237. The Morgan fingerprint density at radius 2 is 1.90 bits per heavy atom. The van der Waals surface area contributed by atoms with Crippen LogP contribution in [0.2, 0.25) is 0 Å². The molecule has 1 aromatic rings. The third kappa shape index (κ3) is 4.08. The monoisotopic (exact) mass is 390 g/mol. The molecule has 4 aliphatic rings. The Balaban J connectivity index is 1.30. The van der Waals surface area contributed by atoms with Crippen LogP contribution in [0.4, 0.5) is 0 Å². The van der Waals surface area contributed by atoms with Crippen molar-refractivity contribution in [2.24, 2.45) is 11.8 Å². The standard InChI is InChI=1S/C25H30N2O2/c28-24(17-8-9-17)15-20-14-22(21-6-3-7-23(21)26-20)16-10-12-19(13-11-16)27-25(29)18-4-1-2-5-18/h3,6,10,14,17-19H,1-2,4-5,7-9,11-13,15H2,(H,27,29). The molecular weight excluding hydrogens is 360 g/mol. The molecule has 4 aliphatic carbocycles. The molecule has 1 aromatic heterocycles. The smallest absolute Gasteiger partial charge is 0.223 e. The van der Waals surface area contributed by atoms with E-state index in [4.69, 9.17) is 4.98 Å². The van der Waals surface area contributed by atoms with Gasteiger partial charge in [0, 0.05) is 42.0 Å². The van der Waals surface area contributed by atoms with Crippen molar-refractivity contribution in [2.75, 3.05) is 0 Å². The maximum absolute atomic E-state index is 12.4. The van der Waals surface area contributed by atoms with Crippen LogP contribution in [-0.2, 0) is 22.4 Å². The number of carbonyl (C=O) groups excluding carboxylic acids is 2. The summed E-state index contributed by atoms with van der Waals surface area (Å²) in [7, 11) is 0. The zero-order valence-corrected chi connectivity index (χ0v) is 17.1. The Hall–Kier alpha value is -2.23. The van der Waals surface area contributed by atoms with E-state index >= 15 is 0 Å². The first-order chi connectivity index (χ1) is 14.2. The van der Waals surface area contributed by atoms with E-state index < -0.39 is 0 Å². The molecule has 0 aromatic carbocycles. The second kappa shape index (κ2) is 7.89. The number of nitrogens with one attached hydrogen (secondary N) is 1. The van der Waals surface area contributed by atoms with Crippen LogP contribution in [0.25, 0.3) is 11.6 Å². The predicted molar refractivity (Wildman–Crippen MR) is 114 cm³/mol. The molecule has 4 heteroatoms. The largest absolute Gasteiger partial charge is 0.353 e. The van der Waals surface area contributed by atoms with Crippen LogP contribution in [0.15, 0.2) is 18.2 Å². The lowest BCUT2D eigenvalue weighted by atomic mass is 9.87. The molecule has 1 atom stereocenters. The van der Waals surface area contributed by atoms with Crippen LogP contribution in [0, 0.1) is 11.8 Å². The molecule has 0 radical (unpaired) electrons. The van der Waals surface area contributed by atoms with Crippen LogP contribution >= 0.6 is 0 Å². The van der Waals surface area contributed by atoms with E-state index in [0.29, 0.717) is 12.2 Å². The lowest BCUT2D eigenvalue weighted by Crippen LogP contribution is -2.38. The van der Waals surface area contributed by atoms with Crippen molar-refractivity contribution in [3.8, 4) is 0 Å². The molecule has 2 saturated carbocycles. The first-order valence-electron chi connectivity index (χ1n) is 11.4. The highest BCUT2D eigenvalue weighted by Gasteiger charge is 2.30. The summed E-state index contributed by atoms with van der Waals surface area (Å²) in [5.74, 6) is 1.13. The van der Waals surface area contributed by atoms with E-state index in [-0.39, 0.29) is 23.8 Å². The number of aromatic nitrogens is 1. The van der Waals surface area contributed by atoms with Crippen molar-refractivity contribution in [2.45, 2.75) is 76.7 Å². The fraction of sp³-hybridized carbons (Fsp3) is 0.560. The van der Waals surface area contributed by atoms with E-state index in [1.165, 1.54) is 29.5 Å².